The third-order valence-electron chi connectivity index (χ3n) is 1.95. The van der Waals surface area contributed by atoms with Crippen molar-refractivity contribution in [1.29, 1.82) is 0 Å². The Balaban J connectivity index is 2.25. The molecule has 2 N–H and O–H groups in total. The van der Waals surface area contributed by atoms with Gasteiger partial charge in [0.25, 0.3) is 0 Å². The smallest absolute Gasteiger partial charge is 0.0897 e. The fourth-order valence-electron chi connectivity index (χ4n) is 1.22. The molecule has 0 aromatic carbocycles. The number of nitrogens with one attached hydrogen (secondary N) is 1. The van der Waals surface area contributed by atoms with Gasteiger partial charge < -0.3 is 15.2 Å². The Hall–Kier alpha value is 0.0600. The predicted molar refractivity (Wildman–Crippen MR) is 66.3 cm³/mol. The minimum absolute atomic E-state index is 0.375. The van der Waals surface area contributed by atoms with Crippen molar-refractivity contribution in [1.82, 2.24) is 5.32 Å². The SMILES string of the molecule is COCC(O)CNCc1cc(Br)c(C)s1. The third kappa shape index (κ3) is 4.61. The van der Waals surface area contributed by atoms with Crippen LogP contribution in [0.25, 0.3) is 0 Å². The first-order valence-electron chi connectivity index (χ1n) is 4.76. The summed E-state index contributed by atoms with van der Waals surface area (Å²) in [5, 5.41) is 12.6. The average Bonchev–Trinajstić information content (AvgIpc) is 2.46. The van der Waals surface area contributed by atoms with Gasteiger partial charge in [-0.25, -0.2) is 0 Å². The van der Waals surface area contributed by atoms with E-state index in [2.05, 4.69) is 34.2 Å². The van der Waals surface area contributed by atoms with Crippen LogP contribution in [-0.4, -0.2) is 31.5 Å². The molecule has 3 nitrogen and oxygen atoms in total. The van der Waals surface area contributed by atoms with Crippen molar-refractivity contribution < 1.29 is 9.84 Å². The molecule has 0 aliphatic heterocycles. The molecule has 15 heavy (non-hydrogen) atoms. The molecule has 0 spiro atoms. The molecule has 1 rings (SSSR count). The number of thiophene rings is 1. The summed E-state index contributed by atoms with van der Waals surface area (Å²) in [4.78, 5) is 2.55. The molecule has 0 saturated carbocycles. The van der Waals surface area contributed by atoms with Crippen molar-refractivity contribution in [2.45, 2.75) is 19.6 Å². The molecular formula is C10H16BrNO2S. The van der Waals surface area contributed by atoms with E-state index >= 15 is 0 Å². The topological polar surface area (TPSA) is 41.5 Å². The van der Waals surface area contributed by atoms with E-state index in [1.54, 1.807) is 18.4 Å². The van der Waals surface area contributed by atoms with Crippen molar-refractivity contribution in [3.8, 4) is 0 Å². The van der Waals surface area contributed by atoms with Gasteiger partial charge >= 0.3 is 0 Å². The van der Waals surface area contributed by atoms with Gasteiger partial charge in [-0.2, -0.15) is 0 Å². The van der Waals surface area contributed by atoms with Gasteiger partial charge in [-0.15, -0.1) is 11.3 Å². The van der Waals surface area contributed by atoms with Crippen LogP contribution >= 0.6 is 27.3 Å². The second-order valence-corrected chi connectivity index (χ2v) is 5.55. The number of aliphatic hydroxyl groups is 1. The van der Waals surface area contributed by atoms with Gasteiger partial charge in [0.15, 0.2) is 0 Å². The standard InChI is InChI=1S/C10H16BrNO2S/c1-7-10(11)3-9(15-7)5-12-4-8(13)6-14-2/h3,8,12-13H,4-6H2,1-2H3. The molecular weight excluding hydrogens is 278 g/mol. The number of hydrogen-bond acceptors (Lipinski definition) is 4. The van der Waals surface area contributed by atoms with Crippen molar-refractivity contribution >= 4 is 27.3 Å². The molecule has 0 bridgehead atoms. The molecule has 0 fully saturated rings. The second-order valence-electron chi connectivity index (χ2n) is 3.36. The maximum absolute atomic E-state index is 9.39. The molecule has 86 valence electrons. The third-order valence-corrected chi connectivity index (χ3v) is 4.08. The number of methoxy groups -OCH3 is 1. The zero-order valence-electron chi connectivity index (χ0n) is 8.92. The van der Waals surface area contributed by atoms with E-state index in [-0.39, 0.29) is 0 Å². The lowest BCUT2D eigenvalue weighted by molar-refractivity contribution is 0.0644. The Bertz CT molecular complexity index is 284. The van der Waals surface area contributed by atoms with Crippen LogP contribution in [-0.2, 0) is 11.3 Å². The normalized spacial score (nSPS) is 13.1. The van der Waals surface area contributed by atoms with Gasteiger partial charge in [-0.1, -0.05) is 0 Å². The first-order valence-corrected chi connectivity index (χ1v) is 6.37. The van der Waals surface area contributed by atoms with Gasteiger partial charge in [0, 0.05) is 34.4 Å². The lowest BCUT2D eigenvalue weighted by Crippen LogP contribution is -2.29. The fourth-order valence-corrected chi connectivity index (χ4v) is 2.79. The number of rotatable bonds is 6. The Kier molecular flexibility index (Phi) is 5.78. The monoisotopic (exact) mass is 293 g/mol. The zero-order chi connectivity index (χ0) is 11.3. The summed E-state index contributed by atoms with van der Waals surface area (Å²) in [7, 11) is 1.59. The van der Waals surface area contributed by atoms with E-state index in [4.69, 9.17) is 4.74 Å². The molecule has 1 aromatic heterocycles. The molecule has 1 atom stereocenters. The van der Waals surface area contributed by atoms with E-state index in [1.807, 2.05) is 0 Å². The summed E-state index contributed by atoms with van der Waals surface area (Å²) in [6.45, 7) is 3.80. The van der Waals surface area contributed by atoms with Crippen molar-refractivity contribution in [3.05, 3.63) is 20.3 Å². The van der Waals surface area contributed by atoms with E-state index in [0.717, 1.165) is 11.0 Å². The second kappa shape index (κ2) is 6.60. The Morgan fingerprint density at radius 1 is 1.67 bits per heavy atom. The number of aryl methyl sites for hydroxylation is 1. The minimum atomic E-state index is -0.431. The zero-order valence-corrected chi connectivity index (χ0v) is 11.3. The van der Waals surface area contributed by atoms with E-state index in [0.29, 0.717) is 13.2 Å². The summed E-state index contributed by atoms with van der Waals surface area (Å²) in [5.41, 5.74) is 0. The summed E-state index contributed by atoms with van der Waals surface area (Å²) >= 11 is 5.23. The maximum Gasteiger partial charge on any atom is 0.0897 e. The Morgan fingerprint density at radius 3 is 2.93 bits per heavy atom. The van der Waals surface area contributed by atoms with Gasteiger partial charge in [0.1, 0.15) is 0 Å². The highest BCUT2D eigenvalue weighted by Gasteiger charge is 2.05. The Morgan fingerprint density at radius 2 is 2.40 bits per heavy atom. The highest BCUT2D eigenvalue weighted by atomic mass is 79.9. The van der Waals surface area contributed by atoms with Crippen molar-refractivity contribution in [2.75, 3.05) is 20.3 Å². The molecule has 1 aromatic rings. The summed E-state index contributed by atoms with van der Waals surface area (Å²) < 4.78 is 5.99. The molecule has 0 amide bonds. The number of hydrogen-bond donors (Lipinski definition) is 2. The van der Waals surface area contributed by atoms with Crippen LogP contribution in [0.3, 0.4) is 0 Å². The minimum Gasteiger partial charge on any atom is -0.389 e. The van der Waals surface area contributed by atoms with Crippen LogP contribution in [0, 0.1) is 6.92 Å². The summed E-state index contributed by atoms with van der Waals surface area (Å²) in [6.07, 6.45) is -0.431. The molecule has 0 saturated heterocycles. The van der Waals surface area contributed by atoms with Crippen molar-refractivity contribution in [3.63, 3.8) is 0 Å². The number of halogens is 1. The van der Waals surface area contributed by atoms with Crippen LogP contribution < -0.4 is 5.32 Å². The largest absolute Gasteiger partial charge is 0.389 e. The first kappa shape index (κ1) is 13.1. The summed E-state index contributed by atoms with van der Waals surface area (Å²) in [6, 6.07) is 2.11. The lowest BCUT2D eigenvalue weighted by Gasteiger charge is -2.09. The van der Waals surface area contributed by atoms with Gasteiger partial charge in [0.05, 0.1) is 12.7 Å². The van der Waals surface area contributed by atoms with E-state index in [1.165, 1.54) is 9.75 Å². The van der Waals surface area contributed by atoms with Crippen LogP contribution in [0.2, 0.25) is 0 Å². The molecule has 1 heterocycles. The van der Waals surface area contributed by atoms with E-state index < -0.39 is 6.10 Å². The summed E-state index contributed by atoms with van der Waals surface area (Å²) in [5.74, 6) is 0. The van der Waals surface area contributed by atoms with Crippen LogP contribution in [0.1, 0.15) is 9.75 Å². The van der Waals surface area contributed by atoms with E-state index in [9.17, 15) is 5.11 Å². The number of aliphatic hydroxyl groups excluding tert-OH is 1. The molecule has 0 aliphatic carbocycles. The molecule has 5 heteroatoms. The Labute approximate surface area is 103 Å². The first-order chi connectivity index (χ1) is 7.13. The maximum atomic E-state index is 9.39. The van der Waals surface area contributed by atoms with Crippen LogP contribution in [0.5, 0.6) is 0 Å². The quantitative estimate of drug-likeness (QED) is 0.842. The van der Waals surface area contributed by atoms with Crippen LogP contribution in [0.15, 0.2) is 10.5 Å². The van der Waals surface area contributed by atoms with Gasteiger partial charge in [0.2, 0.25) is 0 Å². The fraction of sp³-hybridized carbons (Fsp3) is 0.600. The highest BCUT2D eigenvalue weighted by molar-refractivity contribution is 9.10. The van der Waals surface area contributed by atoms with Crippen LogP contribution in [0.4, 0.5) is 0 Å². The average molecular weight is 294 g/mol. The molecule has 1 unspecified atom stereocenters. The highest BCUT2D eigenvalue weighted by Crippen LogP contribution is 2.25. The molecule has 0 radical (unpaired) electrons. The lowest BCUT2D eigenvalue weighted by atomic mass is 10.3. The number of ether oxygens (including phenoxy) is 1. The van der Waals surface area contributed by atoms with Gasteiger partial charge in [-0.3, -0.25) is 0 Å². The van der Waals surface area contributed by atoms with Gasteiger partial charge in [-0.05, 0) is 28.9 Å². The predicted octanol–water partition coefficient (Wildman–Crippen LogP) is 1.92. The van der Waals surface area contributed by atoms with Crippen molar-refractivity contribution in [2.24, 2.45) is 0 Å². The molecule has 0 aliphatic rings.